The highest BCUT2D eigenvalue weighted by atomic mass is 16.5. The molecule has 2 aromatic heterocycles. The number of carbonyl (C=O) groups excluding carboxylic acids is 1. The Morgan fingerprint density at radius 3 is 2.78 bits per heavy atom. The van der Waals surface area contributed by atoms with Gasteiger partial charge in [0, 0.05) is 42.9 Å². The summed E-state index contributed by atoms with van der Waals surface area (Å²) in [6.45, 7) is 0.830. The molecule has 1 N–H and O–H groups in total. The zero-order valence-corrected chi connectivity index (χ0v) is 14.7. The fraction of sp³-hybridized carbons (Fsp3) is 0.421. The van der Waals surface area contributed by atoms with Crippen molar-refractivity contribution in [3.63, 3.8) is 0 Å². The summed E-state index contributed by atoms with van der Waals surface area (Å²) in [5.74, 6) is -0.420. The van der Waals surface area contributed by atoms with Crippen LogP contribution in [0.1, 0.15) is 18.0 Å². The number of piperidine rings is 1. The van der Waals surface area contributed by atoms with E-state index in [0.717, 1.165) is 17.7 Å². The summed E-state index contributed by atoms with van der Waals surface area (Å²) in [6.07, 6.45) is 2.50. The highest BCUT2D eigenvalue weighted by molar-refractivity contribution is 5.78. The second-order valence-corrected chi connectivity index (χ2v) is 7.04. The Morgan fingerprint density at radius 1 is 1.19 bits per heavy atom. The van der Waals surface area contributed by atoms with Gasteiger partial charge in [-0.1, -0.05) is 0 Å². The fourth-order valence-corrected chi connectivity index (χ4v) is 4.18. The molecular weight excluding hydrogens is 352 g/mol. The van der Waals surface area contributed by atoms with E-state index < -0.39 is 12.6 Å². The number of ether oxygens (including phenoxy) is 1. The van der Waals surface area contributed by atoms with Crippen LogP contribution in [0.15, 0.2) is 39.7 Å². The van der Waals surface area contributed by atoms with Gasteiger partial charge < -0.3 is 23.7 Å². The summed E-state index contributed by atoms with van der Waals surface area (Å²) in [4.78, 5) is 37.1. The summed E-state index contributed by atoms with van der Waals surface area (Å²) in [5.41, 5.74) is 1.73. The molecule has 2 aliphatic heterocycles. The van der Waals surface area contributed by atoms with Crippen molar-refractivity contribution in [3.8, 4) is 11.3 Å². The Morgan fingerprint density at radius 2 is 2.04 bits per heavy atom. The van der Waals surface area contributed by atoms with Crippen LogP contribution in [0.25, 0.3) is 11.3 Å². The summed E-state index contributed by atoms with van der Waals surface area (Å²) in [6, 6.07) is 7.01. The van der Waals surface area contributed by atoms with Crippen LogP contribution in [-0.4, -0.2) is 52.8 Å². The van der Waals surface area contributed by atoms with Gasteiger partial charge in [-0.05, 0) is 30.5 Å². The number of carbonyl (C=O) groups is 2. The van der Waals surface area contributed by atoms with Crippen LogP contribution in [-0.2, 0) is 20.9 Å². The number of likely N-dealkylation sites (tertiary alicyclic amines) is 1. The molecule has 0 aromatic carbocycles. The number of hydrogen-bond donors (Lipinski definition) is 1. The van der Waals surface area contributed by atoms with Gasteiger partial charge in [0.25, 0.3) is 5.56 Å². The molecule has 2 aliphatic rings. The van der Waals surface area contributed by atoms with Crippen molar-refractivity contribution in [1.82, 2.24) is 9.47 Å². The minimum atomic E-state index is -1.10. The molecule has 4 heterocycles. The molecule has 27 heavy (non-hydrogen) atoms. The molecule has 2 bridgehead atoms. The zero-order chi connectivity index (χ0) is 19.0. The van der Waals surface area contributed by atoms with Crippen molar-refractivity contribution in [2.75, 3.05) is 26.3 Å². The molecule has 8 nitrogen and oxygen atoms in total. The van der Waals surface area contributed by atoms with E-state index in [9.17, 15) is 14.4 Å². The number of furan rings is 1. The molecule has 1 saturated heterocycles. The largest absolute Gasteiger partial charge is 0.480 e. The lowest BCUT2D eigenvalue weighted by molar-refractivity contribution is -0.146. The highest BCUT2D eigenvalue weighted by Gasteiger charge is 2.38. The minimum absolute atomic E-state index is 0.0231. The summed E-state index contributed by atoms with van der Waals surface area (Å²) < 4.78 is 12.3. The minimum Gasteiger partial charge on any atom is -0.480 e. The molecule has 0 radical (unpaired) electrons. The summed E-state index contributed by atoms with van der Waals surface area (Å²) in [7, 11) is 0. The first-order chi connectivity index (χ1) is 13.0. The highest BCUT2D eigenvalue weighted by Crippen LogP contribution is 2.39. The number of rotatable bonds is 5. The first kappa shape index (κ1) is 17.5. The number of aromatic nitrogens is 1. The van der Waals surface area contributed by atoms with E-state index in [4.69, 9.17) is 14.3 Å². The number of hydrogen-bond acceptors (Lipinski definition) is 5. The number of pyridine rings is 1. The predicted octanol–water partition coefficient (Wildman–Crippen LogP) is 1.16. The van der Waals surface area contributed by atoms with Gasteiger partial charge in [0.15, 0.2) is 0 Å². The lowest BCUT2D eigenvalue weighted by atomic mass is 9.81. The molecule has 1 fully saturated rings. The molecule has 142 valence electrons. The van der Waals surface area contributed by atoms with E-state index in [2.05, 4.69) is 0 Å². The van der Waals surface area contributed by atoms with Crippen molar-refractivity contribution < 1.29 is 23.8 Å². The van der Waals surface area contributed by atoms with Gasteiger partial charge in [-0.3, -0.25) is 9.59 Å². The molecule has 2 aromatic rings. The normalized spacial score (nSPS) is 21.0. The predicted molar refractivity (Wildman–Crippen MR) is 94.3 cm³/mol. The number of carboxylic acid groups (broad SMARTS) is 1. The van der Waals surface area contributed by atoms with E-state index in [1.54, 1.807) is 33.9 Å². The Labute approximate surface area is 155 Å². The van der Waals surface area contributed by atoms with E-state index in [1.807, 2.05) is 6.07 Å². The number of nitrogens with zero attached hydrogens (tertiary/aromatic N) is 2. The maximum Gasteiger partial charge on any atom is 0.329 e. The topological polar surface area (TPSA) is 102 Å². The molecule has 1 amide bonds. The second-order valence-electron chi connectivity index (χ2n) is 7.04. The van der Waals surface area contributed by atoms with Crippen molar-refractivity contribution in [2.45, 2.75) is 18.9 Å². The quantitative estimate of drug-likeness (QED) is 0.845. The van der Waals surface area contributed by atoms with Gasteiger partial charge in [-0.25, -0.2) is 4.79 Å². The Bertz CT molecular complexity index is 917. The smallest absolute Gasteiger partial charge is 0.329 e. The molecule has 0 saturated carbocycles. The van der Waals surface area contributed by atoms with Gasteiger partial charge in [0.05, 0.1) is 6.26 Å². The second kappa shape index (κ2) is 7.03. The van der Waals surface area contributed by atoms with E-state index in [1.165, 1.54) is 0 Å². The number of carboxylic acids is 1. The maximum absolute atomic E-state index is 12.4. The van der Waals surface area contributed by atoms with E-state index in [-0.39, 0.29) is 29.9 Å². The third-order valence-electron chi connectivity index (χ3n) is 5.18. The first-order valence-electron chi connectivity index (χ1n) is 8.88. The Balaban J connectivity index is 1.60. The van der Waals surface area contributed by atoms with Crippen molar-refractivity contribution >= 4 is 11.9 Å². The van der Waals surface area contributed by atoms with Crippen LogP contribution in [0.4, 0.5) is 0 Å². The molecule has 0 unspecified atom stereocenters. The summed E-state index contributed by atoms with van der Waals surface area (Å²) in [5, 5.41) is 8.63. The van der Waals surface area contributed by atoms with Gasteiger partial charge in [-0.15, -0.1) is 0 Å². The fourth-order valence-electron chi connectivity index (χ4n) is 4.18. The number of fused-ring (bicyclic) bond motifs is 4. The van der Waals surface area contributed by atoms with E-state index in [0.29, 0.717) is 25.4 Å². The SMILES string of the molecule is O=C(O)COCC(=O)N1C[C@@H]2C[C@H](C1)c1c(-c3ccco3)ccc(=O)n1C2. The molecule has 8 heteroatoms. The average molecular weight is 372 g/mol. The van der Waals surface area contributed by atoms with Gasteiger partial charge >= 0.3 is 5.97 Å². The third-order valence-corrected chi connectivity index (χ3v) is 5.18. The monoisotopic (exact) mass is 372 g/mol. The van der Waals surface area contributed by atoms with Gasteiger partial charge in [0.1, 0.15) is 19.0 Å². The van der Waals surface area contributed by atoms with Crippen molar-refractivity contribution in [2.24, 2.45) is 5.92 Å². The lowest BCUT2D eigenvalue weighted by Gasteiger charge is -2.43. The van der Waals surface area contributed by atoms with Crippen LogP contribution in [0.5, 0.6) is 0 Å². The molecule has 4 rings (SSSR count). The zero-order valence-electron chi connectivity index (χ0n) is 14.7. The van der Waals surface area contributed by atoms with Crippen molar-refractivity contribution in [3.05, 3.63) is 46.6 Å². The van der Waals surface area contributed by atoms with Gasteiger partial charge in [0.2, 0.25) is 5.91 Å². The van der Waals surface area contributed by atoms with Crippen LogP contribution in [0.2, 0.25) is 0 Å². The van der Waals surface area contributed by atoms with Crippen LogP contribution >= 0.6 is 0 Å². The van der Waals surface area contributed by atoms with Crippen LogP contribution in [0, 0.1) is 5.92 Å². The lowest BCUT2D eigenvalue weighted by Crippen LogP contribution is -2.50. The molecule has 2 atom stereocenters. The average Bonchev–Trinajstić information content (AvgIpc) is 3.16. The first-order valence-corrected chi connectivity index (χ1v) is 8.88. The molecule has 0 spiro atoms. The number of amides is 1. The number of aliphatic carboxylic acids is 1. The standard InChI is InChI=1S/C19H20N2O6/c22-16-4-3-14(15-2-1-5-27-15)19-13-6-12(8-21(16)19)7-20(9-13)17(23)10-26-11-18(24)25/h1-5,12-13H,6-11H2,(H,24,25)/t12-,13+/m0/s1. The molecule has 0 aliphatic carbocycles. The van der Waals surface area contributed by atoms with Crippen molar-refractivity contribution in [1.29, 1.82) is 0 Å². The third kappa shape index (κ3) is 3.40. The van der Waals surface area contributed by atoms with Gasteiger partial charge in [-0.2, -0.15) is 0 Å². The Kier molecular flexibility index (Phi) is 4.57. The maximum atomic E-state index is 12.4. The molecular formula is C19H20N2O6. The van der Waals surface area contributed by atoms with Crippen LogP contribution in [0.3, 0.4) is 0 Å². The van der Waals surface area contributed by atoms with Crippen LogP contribution < -0.4 is 5.56 Å². The van der Waals surface area contributed by atoms with E-state index >= 15 is 0 Å². The summed E-state index contributed by atoms with van der Waals surface area (Å²) >= 11 is 0. The Hall–Kier alpha value is -2.87.